The summed E-state index contributed by atoms with van der Waals surface area (Å²) in [5.74, 6) is -0.894. The Morgan fingerprint density at radius 2 is 2.16 bits per heavy atom. The van der Waals surface area contributed by atoms with Crippen molar-refractivity contribution in [1.29, 1.82) is 0 Å². The van der Waals surface area contributed by atoms with E-state index in [0.29, 0.717) is 10.2 Å². The molecule has 1 heterocycles. The molecular weight excluding hydrogens is 313 g/mol. The minimum atomic E-state index is -0.599. The number of halogens is 2. The lowest BCUT2D eigenvalue weighted by atomic mass is 10.1. The normalized spacial score (nSPS) is 11.0. The van der Waals surface area contributed by atoms with Crippen LogP contribution in [0.15, 0.2) is 28.9 Å². The third kappa shape index (κ3) is 2.53. The van der Waals surface area contributed by atoms with Gasteiger partial charge in [-0.2, -0.15) is 5.10 Å². The molecule has 0 saturated carbocycles. The van der Waals surface area contributed by atoms with Crippen molar-refractivity contribution in [3.05, 3.63) is 45.9 Å². The third-order valence-electron chi connectivity index (χ3n) is 2.72. The van der Waals surface area contributed by atoms with Crippen LogP contribution in [0.3, 0.4) is 0 Å². The molecule has 0 aliphatic carbocycles. The van der Waals surface area contributed by atoms with Crippen LogP contribution in [0.2, 0.25) is 0 Å². The zero-order chi connectivity index (χ0) is 14.2. The first-order chi connectivity index (χ1) is 8.91. The lowest BCUT2D eigenvalue weighted by Gasteiger charge is -2.11. The molecule has 0 bridgehead atoms. The van der Waals surface area contributed by atoms with Gasteiger partial charge >= 0.3 is 0 Å². The zero-order valence-corrected chi connectivity index (χ0v) is 12.1. The summed E-state index contributed by atoms with van der Waals surface area (Å²) in [7, 11) is 0. The van der Waals surface area contributed by atoms with Crippen molar-refractivity contribution in [2.75, 3.05) is 5.73 Å². The second-order valence-electron chi connectivity index (χ2n) is 4.44. The fourth-order valence-electron chi connectivity index (χ4n) is 1.75. The third-order valence-corrected chi connectivity index (χ3v) is 3.30. The second-order valence-corrected chi connectivity index (χ2v) is 5.30. The maximum absolute atomic E-state index is 13.4. The number of rotatable bonds is 3. The number of hydrogen-bond donors (Lipinski definition) is 1. The molecule has 1 aromatic heterocycles. The Bertz CT molecular complexity index is 637. The van der Waals surface area contributed by atoms with Gasteiger partial charge in [0.2, 0.25) is 5.78 Å². The van der Waals surface area contributed by atoms with Crippen molar-refractivity contribution in [1.82, 2.24) is 9.78 Å². The van der Waals surface area contributed by atoms with Gasteiger partial charge in [-0.05, 0) is 48.0 Å². The Morgan fingerprint density at radius 1 is 1.47 bits per heavy atom. The highest BCUT2D eigenvalue weighted by molar-refractivity contribution is 9.10. The fourth-order valence-corrected chi connectivity index (χ4v) is 2.20. The number of carbonyl (C=O) groups is 1. The zero-order valence-electron chi connectivity index (χ0n) is 10.5. The molecule has 0 unspecified atom stereocenters. The standard InChI is InChI=1S/C13H13BrFN3O/c1-7(2)18-12(9(14)6-17-18)13(19)8-3-4-11(16)10(15)5-8/h3-7H,16H2,1-2H3. The van der Waals surface area contributed by atoms with E-state index in [4.69, 9.17) is 5.73 Å². The second kappa shape index (κ2) is 5.13. The van der Waals surface area contributed by atoms with Gasteiger partial charge < -0.3 is 5.73 Å². The Kier molecular flexibility index (Phi) is 3.71. The van der Waals surface area contributed by atoms with E-state index >= 15 is 0 Å². The summed E-state index contributed by atoms with van der Waals surface area (Å²) in [6, 6.07) is 4.06. The lowest BCUT2D eigenvalue weighted by Crippen LogP contribution is -2.14. The molecule has 0 aliphatic heterocycles. The minimum Gasteiger partial charge on any atom is -0.396 e. The van der Waals surface area contributed by atoms with Crippen LogP contribution in [-0.2, 0) is 0 Å². The SMILES string of the molecule is CC(C)n1ncc(Br)c1C(=O)c1ccc(N)c(F)c1. The molecule has 0 fully saturated rings. The molecule has 2 aromatic rings. The topological polar surface area (TPSA) is 60.9 Å². The molecule has 0 spiro atoms. The predicted molar refractivity (Wildman–Crippen MR) is 74.6 cm³/mol. The Balaban J connectivity index is 2.49. The summed E-state index contributed by atoms with van der Waals surface area (Å²) in [5.41, 5.74) is 6.07. The highest BCUT2D eigenvalue weighted by atomic mass is 79.9. The Labute approximate surface area is 118 Å². The highest BCUT2D eigenvalue weighted by Gasteiger charge is 2.21. The number of nitrogens with zero attached hydrogens (tertiary/aromatic N) is 2. The van der Waals surface area contributed by atoms with E-state index < -0.39 is 5.82 Å². The first-order valence-electron chi connectivity index (χ1n) is 5.74. The molecular formula is C13H13BrFN3O. The number of hydrogen-bond acceptors (Lipinski definition) is 3. The molecule has 19 heavy (non-hydrogen) atoms. The molecule has 1 aromatic carbocycles. The maximum Gasteiger partial charge on any atom is 0.212 e. The molecule has 0 saturated heterocycles. The van der Waals surface area contributed by atoms with Gasteiger partial charge in [0.1, 0.15) is 11.5 Å². The van der Waals surface area contributed by atoms with Gasteiger partial charge in [0, 0.05) is 11.6 Å². The first-order valence-corrected chi connectivity index (χ1v) is 6.54. The highest BCUT2D eigenvalue weighted by Crippen LogP contribution is 2.23. The van der Waals surface area contributed by atoms with Gasteiger partial charge in [-0.3, -0.25) is 9.48 Å². The molecule has 0 radical (unpaired) electrons. The largest absolute Gasteiger partial charge is 0.396 e. The van der Waals surface area contributed by atoms with E-state index in [-0.39, 0.29) is 23.1 Å². The van der Waals surface area contributed by atoms with E-state index in [9.17, 15) is 9.18 Å². The van der Waals surface area contributed by atoms with Crippen molar-refractivity contribution in [3.63, 3.8) is 0 Å². The van der Waals surface area contributed by atoms with Gasteiger partial charge in [0.15, 0.2) is 0 Å². The smallest absolute Gasteiger partial charge is 0.212 e. The average Bonchev–Trinajstić information content (AvgIpc) is 2.74. The summed E-state index contributed by atoms with van der Waals surface area (Å²) in [6.45, 7) is 3.83. The van der Waals surface area contributed by atoms with Gasteiger partial charge in [0.05, 0.1) is 16.4 Å². The molecule has 2 rings (SSSR count). The van der Waals surface area contributed by atoms with E-state index in [1.807, 2.05) is 13.8 Å². The number of nitrogen functional groups attached to an aromatic ring is 1. The average molecular weight is 326 g/mol. The number of anilines is 1. The van der Waals surface area contributed by atoms with E-state index in [1.165, 1.54) is 12.1 Å². The van der Waals surface area contributed by atoms with Crippen LogP contribution in [0.25, 0.3) is 0 Å². The number of ketones is 1. The number of nitrogens with two attached hydrogens (primary N) is 1. The van der Waals surface area contributed by atoms with Crippen molar-refractivity contribution in [2.45, 2.75) is 19.9 Å². The number of aromatic nitrogens is 2. The fraction of sp³-hybridized carbons (Fsp3) is 0.231. The van der Waals surface area contributed by atoms with Gasteiger partial charge in [-0.15, -0.1) is 0 Å². The molecule has 2 N–H and O–H groups in total. The minimum absolute atomic E-state index is 0.0213. The Morgan fingerprint density at radius 3 is 2.74 bits per heavy atom. The van der Waals surface area contributed by atoms with Crippen molar-refractivity contribution >= 4 is 27.4 Å². The summed E-state index contributed by atoms with van der Waals surface area (Å²) in [6.07, 6.45) is 1.56. The number of carbonyl (C=O) groups excluding carboxylic acids is 1. The summed E-state index contributed by atoms with van der Waals surface area (Å²) in [5, 5.41) is 4.13. The van der Waals surface area contributed by atoms with Gasteiger partial charge in [0.25, 0.3) is 0 Å². The predicted octanol–water partition coefficient (Wildman–Crippen LogP) is 3.18. The number of benzene rings is 1. The van der Waals surface area contributed by atoms with Gasteiger partial charge in [-0.1, -0.05) is 0 Å². The Hall–Kier alpha value is -1.69. The van der Waals surface area contributed by atoms with Crippen LogP contribution in [0, 0.1) is 5.82 Å². The van der Waals surface area contributed by atoms with E-state index in [2.05, 4.69) is 21.0 Å². The van der Waals surface area contributed by atoms with E-state index in [0.717, 1.165) is 6.07 Å². The van der Waals surface area contributed by atoms with Crippen LogP contribution >= 0.6 is 15.9 Å². The molecule has 0 aliphatic rings. The summed E-state index contributed by atoms with van der Waals surface area (Å²) in [4.78, 5) is 12.4. The maximum atomic E-state index is 13.4. The van der Waals surface area contributed by atoms with Crippen LogP contribution < -0.4 is 5.73 Å². The van der Waals surface area contributed by atoms with Crippen molar-refractivity contribution in [3.8, 4) is 0 Å². The molecule has 6 heteroatoms. The van der Waals surface area contributed by atoms with Crippen LogP contribution in [0.5, 0.6) is 0 Å². The summed E-state index contributed by atoms with van der Waals surface area (Å²) >= 11 is 3.29. The van der Waals surface area contributed by atoms with Gasteiger partial charge in [-0.25, -0.2) is 4.39 Å². The van der Waals surface area contributed by atoms with Crippen LogP contribution in [0.4, 0.5) is 10.1 Å². The summed E-state index contributed by atoms with van der Waals surface area (Å²) < 4.78 is 15.6. The van der Waals surface area contributed by atoms with Crippen LogP contribution in [0.1, 0.15) is 35.9 Å². The monoisotopic (exact) mass is 325 g/mol. The molecule has 0 atom stereocenters. The quantitative estimate of drug-likeness (QED) is 0.696. The van der Waals surface area contributed by atoms with Crippen LogP contribution in [-0.4, -0.2) is 15.6 Å². The van der Waals surface area contributed by atoms with Crippen molar-refractivity contribution in [2.24, 2.45) is 0 Å². The first kappa shape index (κ1) is 13.7. The molecule has 100 valence electrons. The molecule has 0 amide bonds. The van der Waals surface area contributed by atoms with Crippen molar-refractivity contribution < 1.29 is 9.18 Å². The lowest BCUT2D eigenvalue weighted by molar-refractivity contribution is 0.102. The van der Waals surface area contributed by atoms with E-state index in [1.54, 1.807) is 10.9 Å². The molecule has 4 nitrogen and oxygen atoms in total.